The van der Waals surface area contributed by atoms with E-state index >= 15 is 0 Å². The van der Waals surface area contributed by atoms with E-state index in [1.54, 1.807) is 0 Å². The van der Waals surface area contributed by atoms with Crippen LogP contribution < -0.4 is 0 Å². The predicted octanol–water partition coefficient (Wildman–Crippen LogP) is 1.85. The molecule has 56 valence electrons. The predicted molar refractivity (Wildman–Crippen MR) is 45.9 cm³/mol. The van der Waals surface area contributed by atoms with E-state index < -0.39 is 0 Å². The average molecular weight is 147 g/mol. The second-order valence-electron chi connectivity index (χ2n) is 3.07. The van der Waals surface area contributed by atoms with Crippen LogP contribution in [0.5, 0.6) is 0 Å². The van der Waals surface area contributed by atoms with Crippen LogP contribution >= 0.6 is 12.6 Å². The van der Waals surface area contributed by atoms with Crippen molar-refractivity contribution in [1.82, 2.24) is 4.90 Å². The topological polar surface area (TPSA) is 3.24 Å². The third-order valence-corrected chi connectivity index (χ3v) is 1.95. The highest BCUT2D eigenvalue weighted by molar-refractivity contribution is 7.80. The van der Waals surface area contributed by atoms with Crippen LogP contribution in [0.2, 0.25) is 0 Å². The SMILES string of the molecule is CC(C)CC(S)N(C)C. The van der Waals surface area contributed by atoms with E-state index in [1.165, 1.54) is 0 Å². The van der Waals surface area contributed by atoms with Gasteiger partial charge in [-0.25, -0.2) is 0 Å². The molecule has 0 aliphatic rings. The lowest BCUT2D eigenvalue weighted by Gasteiger charge is -2.20. The van der Waals surface area contributed by atoms with Gasteiger partial charge >= 0.3 is 0 Å². The molecule has 0 radical (unpaired) electrons. The Hall–Kier alpha value is 0.310. The van der Waals surface area contributed by atoms with Gasteiger partial charge in [-0.3, -0.25) is 4.90 Å². The van der Waals surface area contributed by atoms with Gasteiger partial charge in [0.1, 0.15) is 0 Å². The molecule has 1 nitrogen and oxygen atoms in total. The smallest absolute Gasteiger partial charge is 0.0524 e. The summed E-state index contributed by atoms with van der Waals surface area (Å²) in [6, 6.07) is 0. The van der Waals surface area contributed by atoms with Crippen molar-refractivity contribution < 1.29 is 0 Å². The lowest BCUT2D eigenvalue weighted by atomic mass is 10.1. The summed E-state index contributed by atoms with van der Waals surface area (Å²) < 4.78 is 0. The molecule has 0 aromatic rings. The summed E-state index contributed by atoms with van der Waals surface area (Å²) in [5.41, 5.74) is 0. The van der Waals surface area contributed by atoms with E-state index in [0.29, 0.717) is 5.37 Å². The normalized spacial score (nSPS) is 15.0. The molecule has 1 unspecified atom stereocenters. The van der Waals surface area contributed by atoms with Gasteiger partial charge in [-0.15, -0.1) is 0 Å². The van der Waals surface area contributed by atoms with Crippen molar-refractivity contribution in [2.45, 2.75) is 25.6 Å². The second kappa shape index (κ2) is 4.18. The van der Waals surface area contributed by atoms with Crippen molar-refractivity contribution in [3.63, 3.8) is 0 Å². The summed E-state index contributed by atoms with van der Waals surface area (Å²) in [5.74, 6) is 0.745. The van der Waals surface area contributed by atoms with Gasteiger partial charge in [0.05, 0.1) is 5.37 Å². The minimum absolute atomic E-state index is 0.421. The van der Waals surface area contributed by atoms with Crippen molar-refractivity contribution >= 4 is 12.6 Å². The first-order chi connectivity index (χ1) is 4.04. The molecule has 0 spiro atoms. The Bertz CT molecular complexity index is 71.3. The minimum Gasteiger partial charge on any atom is -0.298 e. The maximum absolute atomic E-state index is 4.39. The standard InChI is InChI=1S/C7H17NS/c1-6(2)5-7(9)8(3)4/h6-7,9H,5H2,1-4H3. The quantitative estimate of drug-likeness (QED) is 0.471. The van der Waals surface area contributed by atoms with Crippen molar-refractivity contribution in [1.29, 1.82) is 0 Å². The van der Waals surface area contributed by atoms with Crippen LogP contribution in [-0.4, -0.2) is 24.4 Å². The highest BCUT2D eigenvalue weighted by Crippen LogP contribution is 2.10. The van der Waals surface area contributed by atoms with Gasteiger partial charge < -0.3 is 0 Å². The highest BCUT2D eigenvalue weighted by atomic mass is 32.1. The van der Waals surface area contributed by atoms with Crippen LogP contribution in [0.3, 0.4) is 0 Å². The lowest BCUT2D eigenvalue weighted by molar-refractivity contribution is 0.340. The van der Waals surface area contributed by atoms with Crippen LogP contribution in [0.1, 0.15) is 20.3 Å². The molecule has 0 aromatic carbocycles. The average Bonchev–Trinajstić information content (AvgIpc) is 1.63. The summed E-state index contributed by atoms with van der Waals surface area (Å²) in [7, 11) is 4.11. The first kappa shape index (κ1) is 9.31. The largest absolute Gasteiger partial charge is 0.298 e. The monoisotopic (exact) mass is 147 g/mol. The van der Waals surface area contributed by atoms with Crippen LogP contribution in [0.25, 0.3) is 0 Å². The van der Waals surface area contributed by atoms with E-state index in [1.807, 2.05) is 0 Å². The summed E-state index contributed by atoms with van der Waals surface area (Å²) in [5, 5.41) is 0.421. The summed E-state index contributed by atoms with van der Waals surface area (Å²) >= 11 is 4.39. The second-order valence-corrected chi connectivity index (χ2v) is 3.67. The maximum Gasteiger partial charge on any atom is 0.0524 e. The minimum atomic E-state index is 0.421. The first-order valence-electron chi connectivity index (χ1n) is 3.38. The summed E-state index contributed by atoms with van der Waals surface area (Å²) in [6.45, 7) is 4.43. The van der Waals surface area contributed by atoms with Gasteiger partial charge in [0.2, 0.25) is 0 Å². The van der Waals surface area contributed by atoms with Gasteiger partial charge in [-0.2, -0.15) is 12.6 Å². The van der Waals surface area contributed by atoms with Gasteiger partial charge in [0.15, 0.2) is 0 Å². The molecule has 0 aliphatic carbocycles. The molecule has 0 saturated carbocycles. The van der Waals surface area contributed by atoms with E-state index in [4.69, 9.17) is 0 Å². The van der Waals surface area contributed by atoms with Crippen LogP contribution in [0.15, 0.2) is 0 Å². The number of rotatable bonds is 3. The Morgan fingerprint density at radius 2 is 1.78 bits per heavy atom. The zero-order chi connectivity index (χ0) is 7.44. The molecule has 0 aliphatic heterocycles. The van der Waals surface area contributed by atoms with Gasteiger partial charge in [0, 0.05) is 0 Å². The molecule has 0 amide bonds. The van der Waals surface area contributed by atoms with E-state index in [0.717, 1.165) is 12.3 Å². The van der Waals surface area contributed by atoms with Crippen molar-refractivity contribution in [3.8, 4) is 0 Å². The maximum atomic E-state index is 4.39. The fraction of sp³-hybridized carbons (Fsp3) is 1.00. The van der Waals surface area contributed by atoms with Crippen molar-refractivity contribution in [2.24, 2.45) is 5.92 Å². The van der Waals surface area contributed by atoms with Gasteiger partial charge in [0.25, 0.3) is 0 Å². The Balaban J connectivity index is 3.38. The molecular weight excluding hydrogens is 130 g/mol. The summed E-state index contributed by atoms with van der Waals surface area (Å²) in [4.78, 5) is 2.13. The Labute approximate surface area is 63.8 Å². The molecule has 1 atom stereocenters. The molecule has 0 saturated heterocycles. The van der Waals surface area contributed by atoms with Crippen molar-refractivity contribution in [2.75, 3.05) is 14.1 Å². The van der Waals surface area contributed by atoms with Crippen LogP contribution in [-0.2, 0) is 0 Å². The number of nitrogens with zero attached hydrogens (tertiary/aromatic N) is 1. The summed E-state index contributed by atoms with van der Waals surface area (Å²) in [6.07, 6.45) is 1.16. The zero-order valence-corrected chi connectivity index (χ0v) is 7.65. The van der Waals surface area contributed by atoms with Gasteiger partial charge in [-0.1, -0.05) is 13.8 Å². The molecule has 0 bridgehead atoms. The number of thiol groups is 1. The third kappa shape index (κ3) is 4.79. The Kier molecular flexibility index (Phi) is 4.32. The molecule has 0 fully saturated rings. The molecule has 0 heterocycles. The lowest BCUT2D eigenvalue weighted by Crippen LogP contribution is -2.23. The van der Waals surface area contributed by atoms with E-state index in [-0.39, 0.29) is 0 Å². The third-order valence-electron chi connectivity index (χ3n) is 1.28. The molecule has 9 heavy (non-hydrogen) atoms. The van der Waals surface area contributed by atoms with E-state index in [2.05, 4.69) is 45.5 Å². The molecule has 0 aromatic heterocycles. The molecule has 2 heteroatoms. The number of hydrogen-bond acceptors (Lipinski definition) is 2. The highest BCUT2D eigenvalue weighted by Gasteiger charge is 2.06. The number of hydrogen-bond donors (Lipinski definition) is 1. The van der Waals surface area contributed by atoms with Crippen LogP contribution in [0, 0.1) is 5.92 Å². The zero-order valence-electron chi connectivity index (χ0n) is 6.76. The molecule has 0 N–H and O–H groups in total. The molecule has 0 rings (SSSR count). The van der Waals surface area contributed by atoms with Gasteiger partial charge in [-0.05, 0) is 26.4 Å². The van der Waals surface area contributed by atoms with Crippen molar-refractivity contribution in [3.05, 3.63) is 0 Å². The van der Waals surface area contributed by atoms with Crippen LogP contribution in [0.4, 0.5) is 0 Å². The Morgan fingerprint density at radius 3 is 1.89 bits per heavy atom. The first-order valence-corrected chi connectivity index (χ1v) is 3.90. The fourth-order valence-electron chi connectivity index (χ4n) is 0.632. The van der Waals surface area contributed by atoms with E-state index in [9.17, 15) is 0 Å². The Morgan fingerprint density at radius 1 is 1.33 bits per heavy atom. The fourth-order valence-corrected chi connectivity index (χ4v) is 1.05. The molecular formula is C7H17NS.